The Morgan fingerprint density at radius 2 is 0.570 bits per heavy atom. The molecule has 20 heteroatoms. The highest BCUT2D eigenvalue weighted by atomic mass is 28.4. The minimum Gasteiger partial charge on any atom is -0.462 e. The SMILES string of the molecule is C.C.C.C.C.C.C.C.C.C.C.C.C.C.C.C.C.C.C.C.C.C.C.C.C.C.C.C.C.C.C=C.C=C.C=O.CC(COCCO[Si](C)(C)C(C)(C)C)COCCO[Si](C)(C)C(C)(C)C.COCCOC(=O)COCCOCC(=O)COC(COO[Si](C)(C)C(C)(C)C)COO[Si](C)(C)C(C)(C)C. The van der Waals surface area contributed by atoms with Gasteiger partial charge in [0.1, 0.15) is 52.5 Å². The Hall–Kier alpha value is -1.32. The predicted molar refractivity (Wildman–Crippen MR) is 496 cm³/mol. The highest BCUT2D eigenvalue weighted by Crippen LogP contribution is 2.39. The molecule has 0 saturated heterocycles. The third kappa shape index (κ3) is 121. The summed E-state index contributed by atoms with van der Waals surface area (Å²) in [5.41, 5.74) is 0. The average molecular weight is 1560 g/mol. The number of Topliss-reactive ketones (excluding diaryl/α,β-unsaturated/α-hetero) is 1. The number of ether oxygens (including phenoxy) is 7. The van der Waals surface area contributed by atoms with Crippen LogP contribution in [0.4, 0.5) is 0 Å². The van der Waals surface area contributed by atoms with Gasteiger partial charge in [-0.2, -0.15) is 0 Å². The first-order valence-corrected chi connectivity index (χ1v) is 35.9. The van der Waals surface area contributed by atoms with Crippen LogP contribution in [-0.4, -0.2) is 164 Å². The van der Waals surface area contributed by atoms with Crippen LogP contribution < -0.4 is 0 Å². The van der Waals surface area contributed by atoms with Gasteiger partial charge in [-0.3, -0.25) is 13.9 Å². The van der Waals surface area contributed by atoms with E-state index >= 15 is 0 Å². The van der Waals surface area contributed by atoms with E-state index in [1.165, 1.54) is 7.11 Å². The molecule has 0 aromatic carbocycles. The number of hydrogen-bond acceptors (Lipinski definition) is 16. The molecule has 0 atom stereocenters. The molecular formula is C80H228O16Si4. The van der Waals surface area contributed by atoms with E-state index in [1.807, 2.05) is 6.79 Å². The van der Waals surface area contributed by atoms with Gasteiger partial charge < -0.3 is 46.8 Å². The molecule has 0 radical (unpaired) electrons. The molecule has 16 nitrogen and oxygen atoms in total. The van der Waals surface area contributed by atoms with Gasteiger partial charge in [0, 0.05) is 13.0 Å². The summed E-state index contributed by atoms with van der Waals surface area (Å²) in [7, 11) is -6.04. The Kier molecular flexibility index (Phi) is 282. The van der Waals surface area contributed by atoms with E-state index in [0.29, 0.717) is 52.2 Å². The third-order valence-corrected chi connectivity index (χ3v) is 29.7. The van der Waals surface area contributed by atoms with E-state index in [-0.39, 0.29) is 302 Å². The van der Waals surface area contributed by atoms with E-state index in [1.54, 1.807) is 0 Å². The summed E-state index contributed by atoms with van der Waals surface area (Å²) in [5, 5.41) is 0.459. The Morgan fingerprint density at radius 3 is 0.810 bits per heavy atom. The van der Waals surface area contributed by atoms with Crippen molar-refractivity contribution in [3.63, 3.8) is 0 Å². The predicted octanol–water partition coefficient (Wildman–Crippen LogP) is 30.3. The molecule has 0 saturated carbocycles. The number of carbonyl (C=O) groups excluding carboxylic acids is 3. The number of rotatable bonds is 33. The largest absolute Gasteiger partial charge is 0.462 e. The average Bonchev–Trinajstić information content (AvgIpc) is 3.24. The second kappa shape index (κ2) is 122. The normalized spacial score (nSPS) is 8.88. The van der Waals surface area contributed by atoms with Crippen LogP contribution in [-0.2, 0) is 75.3 Å². The van der Waals surface area contributed by atoms with Gasteiger partial charge in [-0.15, -0.1) is 26.3 Å². The van der Waals surface area contributed by atoms with Crippen molar-refractivity contribution in [3.8, 4) is 0 Å². The Labute approximate surface area is 653 Å². The Bertz CT molecular complexity index is 1230. The zero-order valence-corrected chi connectivity index (χ0v) is 52.8. The highest BCUT2D eigenvalue weighted by molar-refractivity contribution is 6.75. The van der Waals surface area contributed by atoms with Crippen molar-refractivity contribution in [2.45, 2.75) is 391 Å². The molecule has 0 unspecified atom stereocenters. The maximum atomic E-state index is 12.3. The monoisotopic (exact) mass is 1560 g/mol. The lowest BCUT2D eigenvalue weighted by Crippen LogP contribution is -2.43. The van der Waals surface area contributed by atoms with Crippen LogP contribution in [0.15, 0.2) is 26.3 Å². The standard InChI is InChI=1S/C25H52O11Si2.C20H46O4Si2.2C2H4.CH2O.30CH4/c1-24(2,3)37(8,9)35-33-18-22(19-34-36-38(10,11)25(4,5)6)32-17-21(26)16-29-13-14-30-20-23(27)31-15-12-28-7;1-18(16-21-12-14-23-25(8,9)19(2,3)4)17-22-13-15-24-26(10,11)20(5,6)7;3*1-2;;;;;;;;;;;;;;;;;;;;;;;;;;;;;;/h22H,12-20H2,1-11H3;18H,12-17H2,1-11H3;2*1-2H2;1H2;30*1H4. The fourth-order valence-corrected chi connectivity index (χ4v) is 6.94. The van der Waals surface area contributed by atoms with Gasteiger partial charge in [0.15, 0.2) is 22.4 Å². The topological polar surface area (TPSA) is 171 Å². The van der Waals surface area contributed by atoms with E-state index in [9.17, 15) is 9.59 Å². The minimum atomic E-state index is -2.12. The van der Waals surface area contributed by atoms with Crippen LogP contribution in [0.3, 0.4) is 0 Å². The van der Waals surface area contributed by atoms with Gasteiger partial charge in [0.2, 0.25) is 16.6 Å². The van der Waals surface area contributed by atoms with Gasteiger partial charge in [0.05, 0.1) is 59.5 Å². The number of methoxy groups -OCH3 is 1. The first kappa shape index (κ1) is 232. The van der Waals surface area contributed by atoms with Crippen molar-refractivity contribution in [2.75, 3.05) is 106 Å². The van der Waals surface area contributed by atoms with Crippen LogP contribution in [0.1, 0.15) is 313 Å². The number of carbonyl (C=O) groups is 3. The van der Waals surface area contributed by atoms with Gasteiger partial charge in [0.25, 0.3) is 0 Å². The van der Waals surface area contributed by atoms with E-state index in [0.717, 1.165) is 0 Å². The van der Waals surface area contributed by atoms with Crippen molar-refractivity contribution in [1.82, 2.24) is 0 Å². The fourth-order valence-electron chi connectivity index (χ4n) is 3.66. The molecule has 0 aromatic heterocycles. The maximum absolute atomic E-state index is 12.3. The van der Waals surface area contributed by atoms with Crippen LogP contribution in [0, 0.1) is 5.92 Å². The number of ketones is 1. The second-order valence-corrected chi connectivity index (χ2v) is 41.5. The summed E-state index contributed by atoms with van der Waals surface area (Å²) < 4.78 is 61.2. The minimum absolute atomic E-state index is 0. The molecule has 0 rings (SSSR count). The summed E-state index contributed by atoms with van der Waals surface area (Å²) in [6.45, 7) is 64.3. The van der Waals surface area contributed by atoms with Crippen molar-refractivity contribution < 1.29 is 75.3 Å². The summed E-state index contributed by atoms with van der Waals surface area (Å²) >= 11 is 0. The van der Waals surface area contributed by atoms with Crippen LogP contribution in [0.2, 0.25) is 72.5 Å². The van der Waals surface area contributed by atoms with E-state index in [4.69, 9.17) is 65.7 Å². The second-order valence-electron chi connectivity index (χ2n) is 22.5. The first-order chi connectivity index (χ1) is 32.0. The molecule has 0 fully saturated rings. The molecule has 100 heavy (non-hydrogen) atoms. The van der Waals surface area contributed by atoms with Gasteiger partial charge in [-0.25, -0.2) is 14.6 Å². The van der Waals surface area contributed by atoms with Crippen molar-refractivity contribution in [3.05, 3.63) is 26.3 Å². The summed E-state index contributed by atoms with van der Waals surface area (Å²) in [6.07, 6.45) is -0.582. The zero-order chi connectivity index (χ0) is 56.1. The number of esters is 1. The quantitative estimate of drug-likeness (QED) is 0.0152. The molecule has 0 amide bonds. The molecule has 0 bridgehead atoms. The summed E-state index contributed by atoms with van der Waals surface area (Å²) in [6, 6.07) is 0. The molecule has 0 aliphatic carbocycles. The lowest BCUT2D eigenvalue weighted by atomic mass is 10.2. The number of hydrogen-bond donors (Lipinski definition) is 0. The summed E-state index contributed by atoms with van der Waals surface area (Å²) in [4.78, 5) is 42.8. The fraction of sp³-hybridized carbons (Fsp3) is 0.912. The van der Waals surface area contributed by atoms with Gasteiger partial charge in [-0.1, -0.05) is 313 Å². The van der Waals surface area contributed by atoms with Gasteiger partial charge in [-0.05, 0) is 72.5 Å². The van der Waals surface area contributed by atoms with Crippen LogP contribution in [0.25, 0.3) is 0 Å². The van der Waals surface area contributed by atoms with Crippen molar-refractivity contribution >= 4 is 51.8 Å². The molecule has 0 aliphatic heterocycles. The van der Waals surface area contributed by atoms with E-state index in [2.05, 4.69) is 169 Å². The third-order valence-electron chi connectivity index (χ3n) is 12.3. The molecular weight excluding hydrogens is 1330 g/mol. The molecule has 0 aromatic rings. The van der Waals surface area contributed by atoms with Crippen molar-refractivity contribution in [2.24, 2.45) is 5.92 Å². The zero-order valence-electron chi connectivity index (χ0n) is 48.8. The molecule has 0 aliphatic rings. The van der Waals surface area contributed by atoms with Gasteiger partial charge >= 0.3 is 5.97 Å². The Morgan fingerprint density at radius 1 is 0.330 bits per heavy atom. The smallest absolute Gasteiger partial charge is 0.332 e. The lowest BCUT2D eigenvalue weighted by molar-refractivity contribution is -0.275. The first-order valence-electron chi connectivity index (χ1n) is 24.3. The van der Waals surface area contributed by atoms with Crippen LogP contribution >= 0.6 is 0 Å². The highest BCUT2D eigenvalue weighted by Gasteiger charge is 2.41. The molecule has 0 spiro atoms. The van der Waals surface area contributed by atoms with Crippen LogP contribution in [0.5, 0.6) is 0 Å². The van der Waals surface area contributed by atoms with Crippen molar-refractivity contribution in [1.29, 1.82) is 0 Å². The van der Waals surface area contributed by atoms with E-state index < -0.39 is 45.3 Å². The molecule has 660 valence electrons. The molecule has 0 N–H and O–H groups in total. The Balaban J connectivity index is -0.0000000190. The lowest BCUT2D eigenvalue weighted by Gasteiger charge is -2.36. The molecule has 0 heterocycles. The summed E-state index contributed by atoms with van der Waals surface area (Å²) in [5.74, 6) is -0.363. The maximum Gasteiger partial charge on any atom is 0.332 e.